The number of carbonyl (C=O) groups is 1. The standard InChI is InChI=1S/C27H33FO3/c1-26(2)17-21(25(27(3,4)18-26)20-9-11-22(28)12-10-20)16-19-7-13-23(14-8-19)31-15-5-6-24(29)30/h7-14,16,25H,5-6,15,17-18H2,1-4H3,(H,29,30). The van der Waals surface area contributed by atoms with Crippen molar-refractivity contribution in [2.75, 3.05) is 6.61 Å². The minimum Gasteiger partial charge on any atom is -0.494 e. The Morgan fingerprint density at radius 1 is 1.10 bits per heavy atom. The average Bonchev–Trinajstić information content (AvgIpc) is 2.66. The monoisotopic (exact) mass is 424 g/mol. The van der Waals surface area contributed by atoms with Crippen LogP contribution in [-0.4, -0.2) is 17.7 Å². The third-order valence-electron chi connectivity index (χ3n) is 6.01. The molecule has 0 aliphatic heterocycles. The fraction of sp³-hybridized carbons (Fsp3) is 0.444. The van der Waals surface area contributed by atoms with Crippen LogP contribution in [-0.2, 0) is 4.79 Å². The average molecular weight is 425 g/mol. The number of aliphatic carboxylic acids is 1. The van der Waals surface area contributed by atoms with Crippen LogP contribution in [0.4, 0.5) is 4.39 Å². The summed E-state index contributed by atoms with van der Waals surface area (Å²) in [5, 5.41) is 8.71. The Hall–Kier alpha value is -2.62. The van der Waals surface area contributed by atoms with Crippen molar-refractivity contribution in [2.45, 2.75) is 59.3 Å². The maximum Gasteiger partial charge on any atom is 0.303 e. The van der Waals surface area contributed by atoms with E-state index >= 15 is 0 Å². The molecule has 1 fully saturated rings. The molecule has 0 spiro atoms. The second-order valence-electron chi connectivity index (χ2n) is 10.1. The Bertz CT molecular complexity index is 924. The highest BCUT2D eigenvalue weighted by Gasteiger charge is 2.43. The molecule has 1 atom stereocenters. The summed E-state index contributed by atoms with van der Waals surface area (Å²) in [5.74, 6) is -0.0400. The van der Waals surface area contributed by atoms with Gasteiger partial charge in [0, 0.05) is 12.3 Å². The zero-order valence-corrected chi connectivity index (χ0v) is 19.0. The molecular formula is C27H33FO3. The first-order valence-corrected chi connectivity index (χ1v) is 11.0. The number of halogens is 1. The quantitative estimate of drug-likeness (QED) is 0.483. The van der Waals surface area contributed by atoms with Gasteiger partial charge in [-0.05, 0) is 65.5 Å². The number of benzene rings is 2. The first-order chi connectivity index (χ1) is 14.6. The number of carboxylic acid groups (broad SMARTS) is 1. The molecule has 1 saturated carbocycles. The van der Waals surface area contributed by atoms with E-state index < -0.39 is 5.97 Å². The smallest absolute Gasteiger partial charge is 0.303 e. The van der Waals surface area contributed by atoms with Gasteiger partial charge in [-0.2, -0.15) is 0 Å². The molecule has 0 radical (unpaired) electrons. The van der Waals surface area contributed by atoms with Crippen LogP contribution >= 0.6 is 0 Å². The molecule has 4 heteroatoms. The summed E-state index contributed by atoms with van der Waals surface area (Å²) in [4.78, 5) is 10.6. The maximum absolute atomic E-state index is 13.5. The van der Waals surface area contributed by atoms with Crippen LogP contribution in [0.25, 0.3) is 6.08 Å². The van der Waals surface area contributed by atoms with Crippen molar-refractivity contribution in [1.29, 1.82) is 0 Å². The third kappa shape index (κ3) is 6.19. The van der Waals surface area contributed by atoms with Gasteiger partial charge >= 0.3 is 5.97 Å². The van der Waals surface area contributed by atoms with Crippen LogP contribution in [0.15, 0.2) is 54.1 Å². The highest BCUT2D eigenvalue weighted by Crippen LogP contribution is 2.56. The summed E-state index contributed by atoms with van der Waals surface area (Å²) >= 11 is 0. The maximum atomic E-state index is 13.5. The second kappa shape index (κ2) is 9.25. The van der Waals surface area contributed by atoms with Gasteiger partial charge in [-0.1, -0.05) is 63.6 Å². The summed E-state index contributed by atoms with van der Waals surface area (Å²) in [6, 6.07) is 14.9. The van der Waals surface area contributed by atoms with E-state index in [1.165, 1.54) is 5.57 Å². The SMILES string of the molecule is CC1(C)CC(=Cc2ccc(OCCCC(=O)O)cc2)C(c2ccc(F)cc2)C(C)(C)C1. The van der Waals surface area contributed by atoms with Crippen molar-refractivity contribution in [3.8, 4) is 5.75 Å². The van der Waals surface area contributed by atoms with Crippen LogP contribution in [0.1, 0.15) is 70.4 Å². The molecule has 3 nitrogen and oxygen atoms in total. The first kappa shape index (κ1) is 23.1. The van der Waals surface area contributed by atoms with Crippen molar-refractivity contribution in [2.24, 2.45) is 10.8 Å². The lowest BCUT2D eigenvalue weighted by atomic mass is 9.56. The van der Waals surface area contributed by atoms with Gasteiger partial charge in [0.05, 0.1) is 6.61 Å². The largest absolute Gasteiger partial charge is 0.494 e. The first-order valence-electron chi connectivity index (χ1n) is 11.0. The number of hydrogen-bond acceptors (Lipinski definition) is 2. The summed E-state index contributed by atoms with van der Waals surface area (Å²) in [6.07, 6.45) is 4.96. The predicted octanol–water partition coefficient (Wildman–Crippen LogP) is 7.08. The molecule has 0 saturated heterocycles. The number of ether oxygens (including phenoxy) is 1. The Morgan fingerprint density at radius 3 is 2.35 bits per heavy atom. The summed E-state index contributed by atoms with van der Waals surface area (Å²) in [5.41, 5.74) is 3.88. The van der Waals surface area contributed by atoms with Crippen LogP contribution in [0.3, 0.4) is 0 Å². The zero-order chi connectivity index (χ0) is 22.6. The Kier molecular flexibility index (Phi) is 6.88. The van der Waals surface area contributed by atoms with E-state index in [2.05, 4.69) is 33.8 Å². The number of carboxylic acids is 1. The molecule has 0 heterocycles. The van der Waals surface area contributed by atoms with E-state index in [9.17, 15) is 9.18 Å². The highest BCUT2D eigenvalue weighted by molar-refractivity contribution is 5.66. The molecule has 1 aliphatic rings. The van der Waals surface area contributed by atoms with Crippen molar-refractivity contribution < 1.29 is 19.0 Å². The Morgan fingerprint density at radius 2 is 1.74 bits per heavy atom. The Balaban J connectivity index is 1.84. The van der Waals surface area contributed by atoms with Crippen LogP contribution in [0.2, 0.25) is 0 Å². The topological polar surface area (TPSA) is 46.5 Å². The van der Waals surface area contributed by atoms with Gasteiger partial charge in [-0.15, -0.1) is 0 Å². The van der Waals surface area contributed by atoms with Crippen molar-refractivity contribution in [3.05, 3.63) is 71.0 Å². The van der Waals surface area contributed by atoms with Gasteiger partial charge in [0.25, 0.3) is 0 Å². The van der Waals surface area contributed by atoms with E-state index in [1.807, 2.05) is 36.4 Å². The Labute approximate surface area is 185 Å². The normalized spacial score (nSPS) is 21.1. The van der Waals surface area contributed by atoms with E-state index in [0.717, 1.165) is 29.7 Å². The molecule has 0 bridgehead atoms. The van der Waals surface area contributed by atoms with E-state index in [1.54, 1.807) is 12.1 Å². The molecule has 2 aromatic carbocycles. The van der Waals surface area contributed by atoms with Crippen molar-refractivity contribution in [3.63, 3.8) is 0 Å². The molecular weight excluding hydrogens is 391 g/mol. The number of allylic oxidation sites excluding steroid dienone is 1. The van der Waals surface area contributed by atoms with Gasteiger partial charge in [-0.25, -0.2) is 4.39 Å². The molecule has 1 aliphatic carbocycles. The van der Waals surface area contributed by atoms with E-state index in [0.29, 0.717) is 13.0 Å². The lowest BCUT2D eigenvalue weighted by Gasteiger charge is -2.48. The van der Waals surface area contributed by atoms with Gasteiger partial charge in [-0.3, -0.25) is 4.79 Å². The van der Waals surface area contributed by atoms with Gasteiger partial charge in [0.1, 0.15) is 11.6 Å². The van der Waals surface area contributed by atoms with Crippen molar-refractivity contribution in [1.82, 2.24) is 0 Å². The van der Waals surface area contributed by atoms with Gasteiger partial charge in [0.2, 0.25) is 0 Å². The van der Waals surface area contributed by atoms with E-state index in [-0.39, 0.29) is 29.0 Å². The van der Waals surface area contributed by atoms with Crippen LogP contribution < -0.4 is 4.74 Å². The summed E-state index contributed by atoms with van der Waals surface area (Å²) < 4.78 is 19.2. The lowest BCUT2D eigenvalue weighted by Crippen LogP contribution is -2.36. The molecule has 1 N–H and O–H groups in total. The van der Waals surface area contributed by atoms with Gasteiger partial charge < -0.3 is 9.84 Å². The summed E-state index contributed by atoms with van der Waals surface area (Å²) in [6.45, 7) is 9.64. The lowest BCUT2D eigenvalue weighted by molar-refractivity contribution is -0.137. The minimum atomic E-state index is -0.806. The second-order valence-corrected chi connectivity index (χ2v) is 10.1. The molecule has 0 aromatic heterocycles. The van der Waals surface area contributed by atoms with Crippen molar-refractivity contribution >= 4 is 12.0 Å². The highest BCUT2D eigenvalue weighted by atomic mass is 19.1. The molecule has 1 unspecified atom stereocenters. The predicted molar refractivity (Wildman–Crippen MR) is 123 cm³/mol. The molecule has 3 rings (SSSR count). The van der Waals surface area contributed by atoms with Crippen LogP contribution in [0.5, 0.6) is 5.75 Å². The van der Waals surface area contributed by atoms with Gasteiger partial charge in [0.15, 0.2) is 0 Å². The zero-order valence-electron chi connectivity index (χ0n) is 19.0. The summed E-state index contributed by atoms with van der Waals surface area (Å²) in [7, 11) is 0. The van der Waals surface area contributed by atoms with Crippen LogP contribution in [0, 0.1) is 16.6 Å². The minimum absolute atomic E-state index is 0.0542. The number of hydrogen-bond donors (Lipinski definition) is 1. The van der Waals surface area contributed by atoms with E-state index in [4.69, 9.17) is 9.84 Å². The molecule has 0 amide bonds. The number of rotatable bonds is 7. The fourth-order valence-electron chi connectivity index (χ4n) is 5.30. The third-order valence-corrected chi connectivity index (χ3v) is 6.01. The fourth-order valence-corrected chi connectivity index (χ4v) is 5.30. The molecule has 31 heavy (non-hydrogen) atoms. The molecule has 166 valence electrons. The molecule has 2 aromatic rings.